The van der Waals surface area contributed by atoms with Crippen LogP contribution in [0.3, 0.4) is 0 Å². The van der Waals surface area contributed by atoms with Crippen LogP contribution in [0.25, 0.3) is 32.7 Å². The monoisotopic (exact) mass is 720 g/mol. The van der Waals surface area contributed by atoms with E-state index in [2.05, 4.69) is 36.7 Å². The second-order valence-corrected chi connectivity index (χ2v) is 13.7. The number of hydrogen-bond acceptors (Lipinski definition) is 9. The maximum Gasteiger partial charge on any atom is 0.141 e. The molecule has 0 atom stereocenters. The van der Waals surface area contributed by atoms with E-state index < -0.39 is 0 Å². The summed E-state index contributed by atoms with van der Waals surface area (Å²) in [6.45, 7) is 10.4. The summed E-state index contributed by atoms with van der Waals surface area (Å²) in [6.07, 6.45) is 2.66. The minimum absolute atomic E-state index is 0.187. The standard InChI is InChI=1S/C45H48N6O3/c1-4-34-37(25-46-22-31-19-16-28-10-7-13-40(52)43(28)49-31)35(5-2)39(27-48-24-33-21-18-30-12-9-15-42(54)45(30)51-33)36(6-3)38(34)26-47-23-32-20-17-29-11-8-14-41(53)44(29)50-32/h7-21,46-48,52-54H,4-6,22-27H2,1-3H3. The quantitative estimate of drug-likeness (QED) is 0.0623. The van der Waals surface area contributed by atoms with Crippen LogP contribution < -0.4 is 16.0 Å². The van der Waals surface area contributed by atoms with Crippen molar-refractivity contribution < 1.29 is 15.3 Å². The van der Waals surface area contributed by atoms with Crippen molar-refractivity contribution in [3.63, 3.8) is 0 Å². The number of aromatic hydroxyl groups is 3. The molecule has 0 radical (unpaired) electrons. The van der Waals surface area contributed by atoms with Gasteiger partial charge in [0.1, 0.15) is 33.8 Å². The fourth-order valence-electron chi connectivity index (χ4n) is 7.77. The van der Waals surface area contributed by atoms with Gasteiger partial charge < -0.3 is 31.3 Å². The highest BCUT2D eigenvalue weighted by atomic mass is 16.3. The molecule has 9 heteroatoms. The summed E-state index contributed by atoms with van der Waals surface area (Å²) >= 11 is 0. The molecular formula is C45H48N6O3. The molecule has 54 heavy (non-hydrogen) atoms. The van der Waals surface area contributed by atoms with Gasteiger partial charge in [-0.05, 0) is 89.0 Å². The van der Waals surface area contributed by atoms with Crippen LogP contribution in [0.5, 0.6) is 17.2 Å². The van der Waals surface area contributed by atoms with E-state index in [0.717, 1.165) is 52.5 Å². The maximum atomic E-state index is 10.4. The smallest absolute Gasteiger partial charge is 0.141 e. The van der Waals surface area contributed by atoms with Gasteiger partial charge in [0.05, 0.1) is 17.1 Å². The summed E-state index contributed by atoms with van der Waals surface area (Å²) < 4.78 is 0. The first-order valence-corrected chi connectivity index (χ1v) is 18.9. The fourth-order valence-corrected chi connectivity index (χ4v) is 7.77. The first-order chi connectivity index (χ1) is 26.4. The summed E-state index contributed by atoms with van der Waals surface area (Å²) in [5.41, 5.74) is 12.5. The Labute approximate surface area is 316 Å². The molecule has 0 aliphatic carbocycles. The minimum Gasteiger partial charge on any atom is -0.506 e. The van der Waals surface area contributed by atoms with Crippen LogP contribution in [-0.2, 0) is 58.5 Å². The van der Waals surface area contributed by atoms with Crippen LogP contribution in [0, 0.1) is 0 Å². The van der Waals surface area contributed by atoms with Crippen molar-refractivity contribution in [1.82, 2.24) is 30.9 Å². The van der Waals surface area contributed by atoms with Gasteiger partial charge in [0, 0.05) is 55.4 Å². The predicted molar refractivity (Wildman–Crippen MR) is 216 cm³/mol. The summed E-state index contributed by atoms with van der Waals surface area (Å²) in [6, 6.07) is 28.5. The SMILES string of the molecule is CCc1c(CNCc2ccc3cccc(O)c3n2)c(CC)c(CNCc2ccc3cccc(O)c3n2)c(CC)c1CNCc1ccc2cccc(O)c2n1. The van der Waals surface area contributed by atoms with E-state index in [0.29, 0.717) is 55.8 Å². The number of phenols is 3. The number of aromatic nitrogens is 3. The summed E-state index contributed by atoms with van der Waals surface area (Å²) in [5.74, 6) is 0.560. The molecule has 9 nitrogen and oxygen atoms in total. The van der Waals surface area contributed by atoms with Crippen molar-refractivity contribution in [2.45, 2.75) is 79.3 Å². The Morgan fingerprint density at radius 3 is 0.944 bits per heavy atom. The number of pyridine rings is 3. The van der Waals surface area contributed by atoms with E-state index in [1.807, 2.05) is 72.8 Å². The van der Waals surface area contributed by atoms with Crippen LogP contribution in [-0.4, -0.2) is 30.3 Å². The Hall–Kier alpha value is -5.61. The second-order valence-electron chi connectivity index (χ2n) is 13.7. The maximum absolute atomic E-state index is 10.4. The zero-order valence-corrected chi connectivity index (χ0v) is 31.2. The Morgan fingerprint density at radius 2 is 0.667 bits per heavy atom. The number of fused-ring (bicyclic) bond motifs is 3. The minimum atomic E-state index is 0.187. The summed E-state index contributed by atoms with van der Waals surface area (Å²) in [7, 11) is 0. The van der Waals surface area contributed by atoms with Crippen LogP contribution in [0.2, 0.25) is 0 Å². The van der Waals surface area contributed by atoms with Crippen LogP contribution >= 0.6 is 0 Å². The molecule has 4 aromatic carbocycles. The zero-order valence-electron chi connectivity index (χ0n) is 31.2. The van der Waals surface area contributed by atoms with E-state index in [-0.39, 0.29) is 17.2 Å². The van der Waals surface area contributed by atoms with Crippen LogP contribution in [0.1, 0.15) is 71.2 Å². The lowest BCUT2D eigenvalue weighted by atomic mass is 9.83. The molecule has 7 aromatic rings. The molecule has 0 saturated heterocycles. The molecule has 0 fully saturated rings. The Bertz CT molecular complexity index is 2160. The van der Waals surface area contributed by atoms with E-state index in [9.17, 15) is 15.3 Å². The third kappa shape index (κ3) is 7.70. The molecular weight excluding hydrogens is 673 g/mol. The van der Waals surface area contributed by atoms with Crippen molar-refractivity contribution in [1.29, 1.82) is 0 Å². The first-order valence-electron chi connectivity index (χ1n) is 18.9. The van der Waals surface area contributed by atoms with Gasteiger partial charge in [0.2, 0.25) is 0 Å². The van der Waals surface area contributed by atoms with Gasteiger partial charge in [0.25, 0.3) is 0 Å². The lowest BCUT2D eigenvalue weighted by molar-refractivity contribution is 0.479. The molecule has 0 aliphatic heterocycles. The zero-order chi connectivity index (χ0) is 37.6. The van der Waals surface area contributed by atoms with E-state index >= 15 is 0 Å². The van der Waals surface area contributed by atoms with Crippen molar-refractivity contribution in [3.05, 3.63) is 141 Å². The molecule has 7 rings (SSSR count). The third-order valence-electron chi connectivity index (χ3n) is 10.3. The summed E-state index contributed by atoms with van der Waals surface area (Å²) in [5, 5.41) is 45.1. The first kappa shape index (κ1) is 36.7. The van der Waals surface area contributed by atoms with E-state index in [1.165, 1.54) is 33.4 Å². The van der Waals surface area contributed by atoms with Gasteiger partial charge in [-0.3, -0.25) is 0 Å². The normalized spacial score (nSPS) is 11.6. The highest BCUT2D eigenvalue weighted by Gasteiger charge is 2.21. The number of nitrogens with one attached hydrogen (secondary N) is 3. The van der Waals surface area contributed by atoms with Gasteiger partial charge in [0.15, 0.2) is 0 Å². The largest absolute Gasteiger partial charge is 0.506 e. The molecule has 6 N–H and O–H groups in total. The number of phenolic OH excluding ortho intramolecular Hbond substituents is 3. The average Bonchev–Trinajstić information content (AvgIpc) is 3.19. The van der Waals surface area contributed by atoms with Crippen molar-refractivity contribution in [2.75, 3.05) is 0 Å². The Kier molecular flexibility index (Phi) is 11.3. The topological polar surface area (TPSA) is 135 Å². The van der Waals surface area contributed by atoms with Gasteiger partial charge in [-0.1, -0.05) is 75.4 Å². The number of nitrogens with zero attached hydrogens (tertiary/aromatic N) is 3. The second kappa shape index (κ2) is 16.6. The van der Waals surface area contributed by atoms with Crippen LogP contribution in [0.15, 0.2) is 91.0 Å². The molecule has 0 saturated carbocycles. The number of rotatable bonds is 15. The lowest BCUT2D eigenvalue weighted by Gasteiger charge is -2.27. The van der Waals surface area contributed by atoms with Crippen LogP contribution in [0.4, 0.5) is 0 Å². The Balaban J connectivity index is 1.18. The number of hydrogen-bond donors (Lipinski definition) is 6. The number of benzene rings is 4. The fraction of sp³-hybridized carbons (Fsp3) is 0.267. The molecule has 0 spiro atoms. The van der Waals surface area contributed by atoms with Crippen molar-refractivity contribution >= 4 is 32.7 Å². The number of para-hydroxylation sites is 3. The molecule has 3 heterocycles. The van der Waals surface area contributed by atoms with E-state index in [4.69, 9.17) is 15.0 Å². The average molecular weight is 721 g/mol. The van der Waals surface area contributed by atoms with Gasteiger partial charge in [-0.15, -0.1) is 0 Å². The van der Waals surface area contributed by atoms with Crippen molar-refractivity contribution in [3.8, 4) is 17.2 Å². The Morgan fingerprint density at radius 1 is 0.370 bits per heavy atom. The van der Waals surface area contributed by atoms with Gasteiger partial charge in [-0.25, -0.2) is 15.0 Å². The molecule has 0 aliphatic rings. The molecule has 3 aromatic heterocycles. The molecule has 0 unspecified atom stereocenters. The highest BCUT2D eigenvalue weighted by molar-refractivity contribution is 5.85. The molecule has 0 bridgehead atoms. The van der Waals surface area contributed by atoms with Gasteiger partial charge in [-0.2, -0.15) is 0 Å². The van der Waals surface area contributed by atoms with Crippen molar-refractivity contribution in [2.24, 2.45) is 0 Å². The van der Waals surface area contributed by atoms with E-state index in [1.54, 1.807) is 18.2 Å². The highest BCUT2D eigenvalue weighted by Crippen LogP contribution is 2.32. The summed E-state index contributed by atoms with van der Waals surface area (Å²) in [4.78, 5) is 14.3. The predicted octanol–water partition coefficient (Wildman–Crippen LogP) is 8.00. The molecule has 0 amide bonds. The third-order valence-corrected chi connectivity index (χ3v) is 10.3. The van der Waals surface area contributed by atoms with Gasteiger partial charge >= 0.3 is 0 Å². The molecule has 276 valence electrons. The lowest BCUT2D eigenvalue weighted by Crippen LogP contribution is -2.25.